The summed E-state index contributed by atoms with van der Waals surface area (Å²) < 4.78 is 12.6. The fourth-order valence-electron chi connectivity index (χ4n) is 0.595. The molecule has 0 unspecified atom stereocenters. The zero-order valence-electron chi connectivity index (χ0n) is 5.14. The second kappa shape index (κ2) is 3.15. The lowest BCUT2D eigenvalue weighted by atomic mass is 10.3. The van der Waals surface area contributed by atoms with Gasteiger partial charge in [0.25, 0.3) is 0 Å². The second-order valence-electron chi connectivity index (χ2n) is 1.81. The first-order valence-electron chi connectivity index (χ1n) is 2.63. The predicted molar refractivity (Wildman–Crippen MR) is 41.9 cm³/mol. The number of nitroso groups, excluding NO2 is 1. The van der Waals surface area contributed by atoms with Crippen LogP contribution >= 0.6 is 23.2 Å². The quantitative estimate of drug-likeness (QED) is 0.496. The van der Waals surface area contributed by atoms with Crippen LogP contribution in [0, 0.1) is 10.7 Å². The van der Waals surface area contributed by atoms with Gasteiger partial charge in [-0.2, -0.15) is 0 Å². The van der Waals surface area contributed by atoms with E-state index >= 15 is 0 Å². The lowest BCUT2D eigenvalue weighted by molar-refractivity contribution is 0.629. The van der Waals surface area contributed by atoms with Crippen molar-refractivity contribution >= 4 is 28.9 Å². The average molecular weight is 194 g/mol. The van der Waals surface area contributed by atoms with E-state index in [0.29, 0.717) is 0 Å². The van der Waals surface area contributed by atoms with Crippen LogP contribution in [0.3, 0.4) is 0 Å². The van der Waals surface area contributed by atoms with Gasteiger partial charge in [-0.15, -0.1) is 4.91 Å². The Kier molecular flexibility index (Phi) is 2.42. The smallest absolute Gasteiger partial charge is 0.160 e. The van der Waals surface area contributed by atoms with Gasteiger partial charge in [0.1, 0.15) is 5.69 Å². The summed E-state index contributed by atoms with van der Waals surface area (Å²) in [5.74, 6) is -0.735. The third-order valence-corrected chi connectivity index (χ3v) is 1.62. The normalized spacial score (nSPS) is 9.73. The molecule has 0 fully saturated rings. The van der Waals surface area contributed by atoms with Crippen LogP contribution in [-0.2, 0) is 0 Å². The minimum atomic E-state index is -0.735. The van der Waals surface area contributed by atoms with Crippen molar-refractivity contribution in [2.24, 2.45) is 5.18 Å². The molecule has 0 aliphatic heterocycles. The number of hydrogen-bond acceptors (Lipinski definition) is 2. The molecule has 0 heterocycles. The summed E-state index contributed by atoms with van der Waals surface area (Å²) in [6.07, 6.45) is 0. The van der Waals surface area contributed by atoms with Crippen molar-refractivity contribution in [1.29, 1.82) is 0 Å². The van der Waals surface area contributed by atoms with E-state index in [0.717, 1.165) is 12.1 Å². The Morgan fingerprint density at radius 3 is 2.09 bits per heavy atom. The molecule has 5 heteroatoms. The van der Waals surface area contributed by atoms with Crippen LogP contribution in [0.15, 0.2) is 17.3 Å². The Bertz CT molecular complexity index is 280. The first kappa shape index (κ1) is 8.43. The summed E-state index contributed by atoms with van der Waals surface area (Å²) in [4.78, 5) is 9.93. The largest absolute Gasteiger partial charge is 0.204 e. The van der Waals surface area contributed by atoms with Crippen LogP contribution in [0.4, 0.5) is 10.1 Å². The van der Waals surface area contributed by atoms with Crippen molar-refractivity contribution in [1.82, 2.24) is 0 Å². The third kappa shape index (κ3) is 1.67. The number of benzene rings is 1. The predicted octanol–water partition coefficient (Wildman–Crippen LogP) is 3.53. The molecule has 1 aromatic carbocycles. The Hall–Kier alpha value is -0.670. The zero-order valence-corrected chi connectivity index (χ0v) is 6.66. The lowest BCUT2D eigenvalue weighted by Crippen LogP contribution is -1.77. The zero-order chi connectivity index (χ0) is 8.43. The van der Waals surface area contributed by atoms with Crippen molar-refractivity contribution in [3.8, 4) is 0 Å². The molecule has 0 aliphatic carbocycles. The maximum Gasteiger partial charge on any atom is 0.160 e. The standard InChI is InChI=1S/C6H2Cl2FNO/c7-4-1-3(10-11)2-5(8)6(4)9/h1-2H. The second-order valence-corrected chi connectivity index (χ2v) is 2.63. The highest BCUT2D eigenvalue weighted by molar-refractivity contribution is 6.35. The number of hydrogen-bond donors (Lipinski definition) is 0. The minimum absolute atomic E-state index is 0.0152. The summed E-state index contributed by atoms with van der Waals surface area (Å²) in [5.41, 5.74) is 0.0152. The summed E-state index contributed by atoms with van der Waals surface area (Å²) >= 11 is 10.7. The van der Waals surface area contributed by atoms with E-state index in [-0.39, 0.29) is 15.7 Å². The summed E-state index contributed by atoms with van der Waals surface area (Å²) in [7, 11) is 0. The Balaban J connectivity index is 3.31. The molecule has 0 N–H and O–H groups in total. The Morgan fingerprint density at radius 2 is 1.73 bits per heavy atom. The molecule has 1 aromatic rings. The third-order valence-electron chi connectivity index (χ3n) is 1.07. The Morgan fingerprint density at radius 1 is 1.27 bits per heavy atom. The van der Waals surface area contributed by atoms with Gasteiger partial charge in [-0.05, 0) is 17.3 Å². The molecule has 0 bridgehead atoms. The Labute approximate surface area is 71.9 Å². The van der Waals surface area contributed by atoms with E-state index in [2.05, 4.69) is 5.18 Å². The maximum absolute atomic E-state index is 12.6. The van der Waals surface area contributed by atoms with Crippen LogP contribution in [0.5, 0.6) is 0 Å². The summed E-state index contributed by atoms with van der Waals surface area (Å²) in [6.45, 7) is 0. The molecule has 0 aromatic heterocycles. The monoisotopic (exact) mass is 193 g/mol. The van der Waals surface area contributed by atoms with Gasteiger partial charge in [0.05, 0.1) is 10.0 Å². The van der Waals surface area contributed by atoms with Crippen molar-refractivity contribution in [3.63, 3.8) is 0 Å². The molecule has 2 nitrogen and oxygen atoms in total. The van der Waals surface area contributed by atoms with Crippen molar-refractivity contribution in [2.75, 3.05) is 0 Å². The van der Waals surface area contributed by atoms with E-state index in [1.165, 1.54) is 0 Å². The van der Waals surface area contributed by atoms with Crippen LogP contribution in [0.1, 0.15) is 0 Å². The van der Waals surface area contributed by atoms with Gasteiger partial charge in [0.15, 0.2) is 5.82 Å². The number of rotatable bonds is 1. The molecule has 0 aliphatic rings. The summed E-state index contributed by atoms with van der Waals surface area (Å²) in [6, 6.07) is 2.21. The van der Waals surface area contributed by atoms with Crippen LogP contribution in [0.25, 0.3) is 0 Å². The van der Waals surface area contributed by atoms with Crippen molar-refractivity contribution in [2.45, 2.75) is 0 Å². The van der Waals surface area contributed by atoms with E-state index in [4.69, 9.17) is 23.2 Å². The van der Waals surface area contributed by atoms with Gasteiger partial charge in [-0.3, -0.25) is 0 Å². The molecule has 0 amide bonds. The molecule has 58 valence electrons. The molecule has 0 radical (unpaired) electrons. The number of halogens is 3. The number of nitrogens with zero attached hydrogens (tertiary/aromatic N) is 1. The van der Waals surface area contributed by atoms with Crippen molar-refractivity contribution < 1.29 is 4.39 Å². The molecule has 11 heavy (non-hydrogen) atoms. The fourth-order valence-corrected chi connectivity index (χ4v) is 1.07. The highest BCUT2D eigenvalue weighted by Crippen LogP contribution is 2.28. The summed E-state index contributed by atoms with van der Waals surface area (Å²) in [5, 5.41) is 2.14. The average Bonchev–Trinajstić information content (AvgIpc) is 1.99. The van der Waals surface area contributed by atoms with Crippen LogP contribution < -0.4 is 0 Å². The van der Waals surface area contributed by atoms with E-state index in [1.54, 1.807) is 0 Å². The molecule has 0 saturated carbocycles. The molecule has 0 saturated heterocycles. The van der Waals surface area contributed by atoms with Crippen molar-refractivity contribution in [3.05, 3.63) is 32.9 Å². The van der Waals surface area contributed by atoms with Gasteiger partial charge < -0.3 is 0 Å². The molecular weight excluding hydrogens is 192 g/mol. The lowest BCUT2D eigenvalue weighted by Gasteiger charge is -1.96. The minimum Gasteiger partial charge on any atom is -0.204 e. The first-order chi connectivity index (χ1) is 5.15. The van der Waals surface area contributed by atoms with Gasteiger partial charge >= 0.3 is 0 Å². The van der Waals surface area contributed by atoms with Gasteiger partial charge in [0, 0.05) is 0 Å². The fraction of sp³-hybridized carbons (Fsp3) is 0. The SMILES string of the molecule is O=Nc1cc(Cl)c(F)c(Cl)c1. The van der Waals surface area contributed by atoms with E-state index < -0.39 is 5.82 Å². The molecule has 1 rings (SSSR count). The highest BCUT2D eigenvalue weighted by atomic mass is 35.5. The van der Waals surface area contributed by atoms with Gasteiger partial charge in [-0.1, -0.05) is 23.2 Å². The van der Waals surface area contributed by atoms with E-state index in [1.807, 2.05) is 0 Å². The first-order valence-corrected chi connectivity index (χ1v) is 3.38. The van der Waals surface area contributed by atoms with E-state index in [9.17, 15) is 9.30 Å². The topological polar surface area (TPSA) is 29.4 Å². The van der Waals surface area contributed by atoms with Gasteiger partial charge in [0.2, 0.25) is 0 Å². The van der Waals surface area contributed by atoms with Crippen LogP contribution in [0.2, 0.25) is 10.0 Å². The molecular formula is C6H2Cl2FNO. The molecule has 0 atom stereocenters. The molecule has 0 spiro atoms. The highest BCUT2D eigenvalue weighted by Gasteiger charge is 2.06. The maximum atomic E-state index is 12.6. The van der Waals surface area contributed by atoms with Crippen LogP contribution in [-0.4, -0.2) is 0 Å². The van der Waals surface area contributed by atoms with Gasteiger partial charge in [-0.25, -0.2) is 4.39 Å².